The van der Waals surface area contributed by atoms with Crippen molar-refractivity contribution >= 4 is 5.91 Å². The zero-order chi connectivity index (χ0) is 49.2. The van der Waals surface area contributed by atoms with Crippen molar-refractivity contribution in [3.05, 3.63) is 134 Å². The molecule has 0 heterocycles. The molecule has 0 radical (unpaired) electrons. The number of amides is 1. The predicted molar refractivity (Wildman–Crippen MR) is 303 cm³/mol. The summed E-state index contributed by atoms with van der Waals surface area (Å²) in [4.78, 5) is 12.5. The van der Waals surface area contributed by atoms with Gasteiger partial charge in [-0.3, -0.25) is 4.79 Å². The average molecular weight is 939 g/mol. The van der Waals surface area contributed by atoms with Crippen LogP contribution in [0.4, 0.5) is 0 Å². The van der Waals surface area contributed by atoms with Crippen molar-refractivity contribution in [1.82, 2.24) is 5.32 Å². The standard InChI is InChI=1S/C64H107NO3/c1-3-5-7-9-11-13-15-17-19-21-23-25-27-29-31-32-34-36-38-40-42-44-46-48-50-52-54-56-58-60-64(68)65-62(61-66)63(67)59-57-55-53-51-49-47-45-43-41-39-37-35-33-30-28-26-24-22-20-18-16-14-12-10-8-6-4-2/h5,7,11,13,17,19,23,25,29,31,34,36,40-43,46,48-49,51,57,59,62-63,66-67H,3-4,6,8-10,12,14-16,18,20-22,24,26-28,30,32-33,35,37-39,44-45,47,50,52-56,58,60-61H2,1-2H3,(H,65,68)/b7-5-,13-11-,19-17-,25-23-,31-29-,36-34-,42-40-,43-41+,48-46-,51-49+,59-57+. The van der Waals surface area contributed by atoms with E-state index in [0.717, 1.165) is 109 Å². The molecule has 0 aliphatic carbocycles. The van der Waals surface area contributed by atoms with E-state index < -0.39 is 12.1 Å². The summed E-state index contributed by atoms with van der Waals surface area (Å²) in [5, 5.41) is 23.1. The van der Waals surface area contributed by atoms with Crippen LogP contribution >= 0.6 is 0 Å². The Morgan fingerprint density at radius 3 is 1.03 bits per heavy atom. The van der Waals surface area contributed by atoms with Crippen LogP contribution in [0.3, 0.4) is 0 Å². The van der Waals surface area contributed by atoms with Gasteiger partial charge in [0.1, 0.15) is 0 Å². The Kier molecular flexibility index (Phi) is 54.9. The lowest BCUT2D eigenvalue weighted by Gasteiger charge is -2.19. The second kappa shape index (κ2) is 57.8. The molecule has 4 nitrogen and oxygen atoms in total. The molecule has 4 heteroatoms. The van der Waals surface area contributed by atoms with Crippen LogP contribution in [0.25, 0.3) is 0 Å². The first-order valence-corrected chi connectivity index (χ1v) is 28.4. The fraction of sp³-hybridized carbons (Fsp3) is 0.641. The molecule has 1 amide bonds. The third kappa shape index (κ3) is 53.5. The molecule has 2 atom stereocenters. The highest BCUT2D eigenvalue weighted by atomic mass is 16.3. The van der Waals surface area contributed by atoms with Gasteiger partial charge < -0.3 is 15.5 Å². The lowest BCUT2D eigenvalue weighted by molar-refractivity contribution is -0.123. The van der Waals surface area contributed by atoms with Gasteiger partial charge >= 0.3 is 0 Å². The quantitative estimate of drug-likeness (QED) is 0.0420. The molecule has 0 aliphatic heterocycles. The van der Waals surface area contributed by atoms with Crippen LogP contribution in [-0.4, -0.2) is 34.9 Å². The Morgan fingerprint density at radius 1 is 0.368 bits per heavy atom. The maximum absolute atomic E-state index is 12.5. The minimum atomic E-state index is -0.893. The Hall–Kier alpha value is -3.47. The highest BCUT2D eigenvalue weighted by molar-refractivity contribution is 5.76. The van der Waals surface area contributed by atoms with Crippen LogP contribution in [-0.2, 0) is 4.79 Å². The van der Waals surface area contributed by atoms with Crippen LogP contribution in [0.5, 0.6) is 0 Å². The van der Waals surface area contributed by atoms with Gasteiger partial charge in [0.15, 0.2) is 0 Å². The summed E-state index contributed by atoms with van der Waals surface area (Å²) < 4.78 is 0. The Labute approximate surface area is 421 Å². The largest absolute Gasteiger partial charge is 0.394 e. The molecule has 0 saturated carbocycles. The zero-order valence-electron chi connectivity index (χ0n) is 44.3. The normalized spacial score (nSPS) is 13.9. The molecule has 0 aliphatic rings. The number of hydrogen-bond donors (Lipinski definition) is 3. The number of carbonyl (C=O) groups is 1. The number of rotatable bonds is 50. The Morgan fingerprint density at radius 2 is 0.662 bits per heavy atom. The fourth-order valence-corrected chi connectivity index (χ4v) is 7.81. The van der Waals surface area contributed by atoms with Gasteiger partial charge in [-0.15, -0.1) is 0 Å². The Balaban J connectivity index is 3.70. The maximum Gasteiger partial charge on any atom is 0.220 e. The van der Waals surface area contributed by atoms with Crippen molar-refractivity contribution in [3.8, 4) is 0 Å². The molecule has 68 heavy (non-hydrogen) atoms. The van der Waals surface area contributed by atoms with E-state index in [-0.39, 0.29) is 12.5 Å². The second-order valence-electron chi connectivity index (χ2n) is 18.6. The first-order chi connectivity index (χ1) is 33.7. The van der Waals surface area contributed by atoms with E-state index in [0.29, 0.717) is 6.42 Å². The monoisotopic (exact) mass is 938 g/mol. The fourth-order valence-electron chi connectivity index (χ4n) is 7.81. The number of allylic oxidation sites excluding steroid dienone is 21. The van der Waals surface area contributed by atoms with Crippen LogP contribution < -0.4 is 5.32 Å². The van der Waals surface area contributed by atoms with E-state index in [4.69, 9.17) is 0 Å². The number of hydrogen-bond acceptors (Lipinski definition) is 3. The minimum Gasteiger partial charge on any atom is -0.394 e. The highest BCUT2D eigenvalue weighted by Crippen LogP contribution is 2.15. The summed E-state index contributed by atoms with van der Waals surface area (Å²) in [6, 6.07) is -0.671. The number of aliphatic hydroxyl groups excluding tert-OH is 2. The molecule has 0 bridgehead atoms. The molecular weight excluding hydrogens is 831 g/mol. The summed E-state index contributed by atoms with van der Waals surface area (Å²) in [6.45, 7) is 4.17. The van der Waals surface area contributed by atoms with Crippen molar-refractivity contribution in [2.75, 3.05) is 6.61 Å². The first-order valence-electron chi connectivity index (χ1n) is 28.4. The number of aliphatic hydroxyl groups is 2. The third-order valence-corrected chi connectivity index (χ3v) is 12.1. The van der Waals surface area contributed by atoms with E-state index in [1.807, 2.05) is 6.08 Å². The van der Waals surface area contributed by atoms with Gasteiger partial charge in [-0.05, 0) is 109 Å². The molecule has 3 N–H and O–H groups in total. The molecular formula is C64H107NO3. The molecule has 386 valence electrons. The van der Waals surface area contributed by atoms with Gasteiger partial charge in [-0.25, -0.2) is 0 Å². The van der Waals surface area contributed by atoms with E-state index in [9.17, 15) is 15.0 Å². The van der Waals surface area contributed by atoms with Crippen LogP contribution in [0.1, 0.15) is 245 Å². The molecule has 0 aromatic heterocycles. The summed E-state index contributed by atoms with van der Waals surface area (Å²) in [7, 11) is 0. The predicted octanol–water partition coefficient (Wildman–Crippen LogP) is 19.0. The summed E-state index contributed by atoms with van der Waals surface area (Å²) in [6.07, 6.45) is 90.4. The topological polar surface area (TPSA) is 69.6 Å². The lowest BCUT2D eigenvalue weighted by atomic mass is 10.0. The van der Waals surface area contributed by atoms with Crippen LogP contribution in [0.2, 0.25) is 0 Å². The van der Waals surface area contributed by atoms with Crippen molar-refractivity contribution in [3.63, 3.8) is 0 Å². The summed E-state index contributed by atoms with van der Waals surface area (Å²) >= 11 is 0. The van der Waals surface area contributed by atoms with Gasteiger partial charge in [-0.2, -0.15) is 0 Å². The van der Waals surface area contributed by atoms with Crippen molar-refractivity contribution in [2.45, 2.75) is 257 Å². The number of nitrogens with one attached hydrogen (secondary N) is 1. The average Bonchev–Trinajstić information content (AvgIpc) is 3.34. The number of carbonyl (C=O) groups excluding carboxylic acids is 1. The van der Waals surface area contributed by atoms with E-state index >= 15 is 0 Å². The van der Waals surface area contributed by atoms with Crippen LogP contribution in [0, 0.1) is 0 Å². The van der Waals surface area contributed by atoms with E-state index in [2.05, 4.69) is 141 Å². The van der Waals surface area contributed by atoms with Gasteiger partial charge in [0, 0.05) is 6.42 Å². The SMILES string of the molecule is CC/C=C\C/C=C\C/C=C\C/C=C\C/C=C\C/C=C\C/C=C\C/C=C\CCCCCCC(=O)NC(CO)C(O)/C=C/CC/C=C/CC/C=C/CCCCCCCCCCCCCCCCCCC. The molecule has 2 unspecified atom stereocenters. The third-order valence-electron chi connectivity index (χ3n) is 12.1. The summed E-state index contributed by atoms with van der Waals surface area (Å²) in [5.41, 5.74) is 0. The Bertz CT molecular complexity index is 1390. The van der Waals surface area contributed by atoms with Crippen LogP contribution in [0.15, 0.2) is 134 Å². The smallest absolute Gasteiger partial charge is 0.220 e. The van der Waals surface area contributed by atoms with Gasteiger partial charge in [0.05, 0.1) is 18.8 Å². The molecule has 0 fully saturated rings. The molecule has 0 rings (SSSR count). The zero-order valence-corrected chi connectivity index (χ0v) is 44.3. The molecule has 0 aromatic carbocycles. The first kappa shape index (κ1) is 64.5. The van der Waals surface area contributed by atoms with Gasteiger partial charge in [-0.1, -0.05) is 263 Å². The van der Waals surface area contributed by atoms with E-state index in [1.54, 1.807) is 6.08 Å². The summed E-state index contributed by atoms with van der Waals surface area (Å²) in [5.74, 6) is -0.107. The van der Waals surface area contributed by atoms with Crippen molar-refractivity contribution in [1.29, 1.82) is 0 Å². The van der Waals surface area contributed by atoms with E-state index in [1.165, 1.54) is 116 Å². The van der Waals surface area contributed by atoms with Gasteiger partial charge in [0.25, 0.3) is 0 Å². The molecule has 0 aromatic rings. The highest BCUT2D eigenvalue weighted by Gasteiger charge is 2.17. The van der Waals surface area contributed by atoms with Crippen molar-refractivity contribution in [2.24, 2.45) is 0 Å². The number of unbranched alkanes of at least 4 members (excludes halogenated alkanes) is 23. The molecule has 0 spiro atoms. The van der Waals surface area contributed by atoms with Gasteiger partial charge in [0.2, 0.25) is 5.91 Å². The van der Waals surface area contributed by atoms with Crippen molar-refractivity contribution < 1.29 is 15.0 Å². The minimum absolute atomic E-state index is 0.107. The lowest BCUT2D eigenvalue weighted by Crippen LogP contribution is -2.45. The maximum atomic E-state index is 12.5. The second-order valence-corrected chi connectivity index (χ2v) is 18.6. The molecule has 0 saturated heterocycles.